The molecular weight excluding hydrogens is 196 g/mol. The van der Waals surface area contributed by atoms with Gasteiger partial charge in [-0.05, 0) is 11.1 Å². The maximum absolute atomic E-state index is 11.0. The number of benzene rings is 1. The fraction of sp³-hybridized carbons (Fsp3) is 0.222. The van der Waals surface area contributed by atoms with Crippen molar-refractivity contribution in [2.75, 3.05) is 6.73 Å². The number of hydrogen-bond acceptors (Lipinski definition) is 3. The van der Waals surface area contributed by atoms with E-state index in [-0.39, 0.29) is 6.73 Å². The Morgan fingerprint density at radius 1 is 1.47 bits per heavy atom. The first-order chi connectivity index (χ1) is 7.33. The summed E-state index contributed by atoms with van der Waals surface area (Å²) in [7, 11) is 0. The maximum Gasteiger partial charge on any atom is 0.407 e. The van der Waals surface area contributed by atoms with Crippen LogP contribution >= 0.6 is 0 Å². The van der Waals surface area contributed by atoms with Crippen LogP contribution in [0, 0.1) is 0 Å². The summed E-state index contributed by atoms with van der Waals surface area (Å²) in [4.78, 5) is 13.4. The van der Waals surface area contributed by atoms with Crippen molar-refractivity contribution < 1.29 is 9.53 Å². The molecule has 0 saturated heterocycles. The standard InChI is InChI=1S/C9H10N4O2/c10-13-12-7-15-9(14)11-6-8-4-2-1-3-5-8/h1-5H,6-7H2,(H,11,14). The van der Waals surface area contributed by atoms with Crippen LogP contribution in [0.2, 0.25) is 0 Å². The van der Waals surface area contributed by atoms with Gasteiger partial charge in [0, 0.05) is 11.5 Å². The fourth-order valence-corrected chi connectivity index (χ4v) is 0.934. The van der Waals surface area contributed by atoms with E-state index in [0.29, 0.717) is 6.54 Å². The van der Waals surface area contributed by atoms with Gasteiger partial charge in [0.1, 0.15) is 0 Å². The number of rotatable bonds is 4. The van der Waals surface area contributed by atoms with Crippen LogP contribution < -0.4 is 5.32 Å². The summed E-state index contributed by atoms with van der Waals surface area (Å²) < 4.78 is 4.53. The average molecular weight is 206 g/mol. The molecule has 0 fully saturated rings. The molecule has 1 aromatic rings. The van der Waals surface area contributed by atoms with Crippen LogP contribution in [0.4, 0.5) is 4.79 Å². The molecule has 0 aliphatic rings. The highest BCUT2D eigenvalue weighted by atomic mass is 16.6. The van der Waals surface area contributed by atoms with Gasteiger partial charge in [0.15, 0.2) is 6.73 Å². The smallest absolute Gasteiger partial charge is 0.407 e. The lowest BCUT2D eigenvalue weighted by Gasteiger charge is -2.04. The van der Waals surface area contributed by atoms with Gasteiger partial charge in [-0.25, -0.2) is 4.79 Å². The molecule has 0 aromatic heterocycles. The third kappa shape index (κ3) is 4.54. The quantitative estimate of drug-likeness (QED) is 0.465. The van der Waals surface area contributed by atoms with Crippen LogP contribution in [0.3, 0.4) is 0 Å². The second-order valence-electron chi connectivity index (χ2n) is 2.63. The van der Waals surface area contributed by atoms with Gasteiger partial charge in [0.25, 0.3) is 0 Å². The Bertz CT molecular complexity index is 360. The Hall–Kier alpha value is -2.20. The van der Waals surface area contributed by atoms with Crippen LogP contribution in [0.1, 0.15) is 5.56 Å². The Morgan fingerprint density at radius 3 is 2.87 bits per heavy atom. The molecule has 0 radical (unpaired) electrons. The molecule has 15 heavy (non-hydrogen) atoms. The molecule has 1 aromatic carbocycles. The molecule has 1 N–H and O–H groups in total. The molecule has 0 aliphatic carbocycles. The monoisotopic (exact) mass is 206 g/mol. The summed E-state index contributed by atoms with van der Waals surface area (Å²) in [6.45, 7) is 0.0903. The number of amides is 1. The fourth-order valence-electron chi connectivity index (χ4n) is 0.934. The molecule has 6 heteroatoms. The predicted octanol–water partition coefficient (Wildman–Crippen LogP) is 2.18. The van der Waals surface area contributed by atoms with E-state index >= 15 is 0 Å². The van der Waals surface area contributed by atoms with Gasteiger partial charge in [-0.1, -0.05) is 35.4 Å². The van der Waals surface area contributed by atoms with Crippen molar-refractivity contribution >= 4 is 6.09 Å². The van der Waals surface area contributed by atoms with Crippen LogP contribution in [0.25, 0.3) is 10.4 Å². The molecule has 0 bridgehead atoms. The number of hydrogen-bond donors (Lipinski definition) is 1. The Kier molecular flexibility index (Phi) is 4.56. The molecular formula is C9H10N4O2. The van der Waals surface area contributed by atoms with Crippen molar-refractivity contribution in [3.63, 3.8) is 0 Å². The number of carbonyl (C=O) groups excluding carboxylic acids is 1. The lowest BCUT2D eigenvalue weighted by Crippen LogP contribution is -2.23. The van der Waals surface area contributed by atoms with Gasteiger partial charge in [0.05, 0.1) is 0 Å². The molecule has 0 heterocycles. The third-order valence-electron chi connectivity index (χ3n) is 1.60. The molecule has 6 nitrogen and oxygen atoms in total. The summed E-state index contributed by atoms with van der Waals surface area (Å²) >= 11 is 0. The number of nitrogens with one attached hydrogen (secondary N) is 1. The molecule has 0 spiro atoms. The van der Waals surface area contributed by atoms with E-state index in [2.05, 4.69) is 20.1 Å². The summed E-state index contributed by atoms with van der Waals surface area (Å²) in [5, 5.41) is 5.58. The normalized spacial score (nSPS) is 8.80. The molecule has 0 aliphatic heterocycles. The van der Waals surface area contributed by atoms with Crippen molar-refractivity contribution in [2.24, 2.45) is 5.11 Å². The van der Waals surface area contributed by atoms with Gasteiger partial charge >= 0.3 is 6.09 Å². The number of nitrogens with zero attached hydrogens (tertiary/aromatic N) is 3. The van der Waals surface area contributed by atoms with Crippen molar-refractivity contribution in [2.45, 2.75) is 6.54 Å². The number of azide groups is 1. The average Bonchev–Trinajstić information content (AvgIpc) is 2.28. The summed E-state index contributed by atoms with van der Waals surface area (Å²) in [6, 6.07) is 9.41. The van der Waals surface area contributed by atoms with Gasteiger partial charge in [-0.2, -0.15) is 0 Å². The lowest BCUT2D eigenvalue weighted by atomic mass is 10.2. The molecule has 78 valence electrons. The van der Waals surface area contributed by atoms with Crippen molar-refractivity contribution in [3.05, 3.63) is 46.3 Å². The topological polar surface area (TPSA) is 87.1 Å². The van der Waals surface area contributed by atoms with Crippen LogP contribution in [-0.4, -0.2) is 12.8 Å². The zero-order chi connectivity index (χ0) is 10.9. The second kappa shape index (κ2) is 6.28. The number of ether oxygens (including phenoxy) is 1. The van der Waals surface area contributed by atoms with E-state index in [0.717, 1.165) is 5.56 Å². The van der Waals surface area contributed by atoms with Crippen molar-refractivity contribution in [3.8, 4) is 0 Å². The van der Waals surface area contributed by atoms with E-state index in [9.17, 15) is 4.79 Å². The van der Waals surface area contributed by atoms with Crippen LogP contribution in [0.5, 0.6) is 0 Å². The Morgan fingerprint density at radius 2 is 2.20 bits per heavy atom. The van der Waals surface area contributed by atoms with Gasteiger partial charge in [-0.3, -0.25) is 0 Å². The first-order valence-corrected chi connectivity index (χ1v) is 4.28. The third-order valence-corrected chi connectivity index (χ3v) is 1.60. The highest BCUT2D eigenvalue weighted by Crippen LogP contribution is 1.97. The summed E-state index contributed by atoms with van der Waals surface area (Å²) in [5.74, 6) is 0. The van der Waals surface area contributed by atoms with E-state index in [1.165, 1.54) is 0 Å². The first kappa shape index (κ1) is 10.9. The van der Waals surface area contributed by atoms with E-state index < -0.39 is 6.09 Å². The zero-order valence-corrected chi connectivity index (χ0v) is 7.96. The SMILES string of the molecule is [N-]=[N+]=NCOC(=O)NCc1ccccc1. The highest BCUT2D eigenvalue weighted by molar-refractivity contribution is 5.67. The largest absolute Gasteiger partial charge is 0.443 e. The Labute approximate surface area is 86.5 Å². The first-order valence-electron chi connectivity index (χ1n) is 4.28. The van der Waals surface area contributed by atoms with Crippen LogP contribution in [0.15, 0.2) is 35.4 Å². The van der Waals surface area contributed by atoms with Crippen LogP contribution in [-0.2, 0) is 11.3 Å². The van der Waals surface area contributed by atoms with E-state index in [4.69, 9.17) is 5.53 Å². The van der Waals surface area contributed by atoms with Gasteiger partial charge in [-0.15, -0.1) is 0 Å². The summed E-state index contributed by atoms with van der Waals surface area (Å²) in [6.07, 6.45) is -0.605. The summed E-state index contributed by atoms with van der Waals surface area (Å²) in [5.41, 5.74) is 8.90. The Balaban J connectivity index is 2.25. The van der Waals surface area contributed by atoms with E-state index in [1.807, 2.05) is 30.3 Å². The van der Waals surface area contributed by atoms with E-state index in [1.54, 1.807) is 0 Å². The van der Waals surface area contributed by atoms with Gasteiger partial charge < -0.3 is 10.1 Å². The minimum absolute atomic E-state index is 0.295. The van der Waals surface area contributed by atoms with Crippen molar-refractivity contribution in [1.82, 2.24) is 5.32 Å². The molecule has 0 atom stereocenters. The molecule has 0 unspecified atom stereocenters. The van der Waals surface area contributed by atoms with Gasteiger partial charge in [0.2, 0.25) is 0 Å². The predicted molar refractivity (Wildman–Crippen MR) is 53.8 cm³/mol. The maximum atomic E-state index is 11.0. The second-order valence-corrected chi connectivity index (χ2v) is 2.63. The lowest BCUT2D eigenvalue weighted by molar-refractivity contribution is 0.148. The number of alkyl carbamates (subject to hydrolysis) is 1. The highest BCUT2D eigenvalue weighted by Gasteiger charge is 1.99. The number of carbonyl (C=O) groups is 1. The molecule has 1 amide bonds. The van der Waals surface area contributed by atoms with Crippen molar-refractivity contribution in [1.29, 1.82) is 0 Å². The minimum Gasteiger partial charge on any atom is -0.443 e. The zero-order valence-electron chi connectivity index (χ0n) is 7.96. The molecule has 0 saturated carbocycles. The minimum atomic E-state index is -0.605. The molecule has 1 rings (SSSR count).